The molecule has 1 aromatic carbocycles. The molecule has 0 spiro atoms. The molecule has 23 heavy (non-hydrogen) atoms. The van der Waals surface area contributed by atoms with Gasteiger partial charge in [0.2, 0.25) is 0 Å². The van der Waals surface area contributed by atoms with Gasteiger partial charge in [0.1, 0.15) is 0 Å². The summed E-state index contributed by atoms with van der Waals surface area (Å²) in [5.74, 6) is -0.754. The fourth-order valence-corrected chi connectivity index (χ4v) is 4.28. The van der Waals surface area contributed by atoms with Gasteiger partial charge in [-0.1, -0.05) is 38.1 Å². The fraction of sp³-hybridized carbons (Fsp3) is 0.650. The molecule has 1 atom stereocenters. The lowest BCUT2D eigenvalue weighted by atomic mass is 9.81. The van der Waals surface area contributed by atoms with E-state index >= 15 is 0 Å². The second-order valence-corrected chi connectivity index (χ2v) is 8.17. The molecule has 1 aromatic rings. The maximum absolute atomic E-state index is 11.1. The number of hydrogen-bond donors (Lipinski definition) is 2. The van der Waals surface area contributed by atoms with Crippen LogP contribution in [0.25, 0.3) is 0 Å². The molecular formula is C20H29NO2. The van der Waals surface area contributed by atoms with E-state index in [-0.39, 0.29) is 5.92 Å². The summed E-state index contributed by atoms with van der Waals surface area (Å²) in [6.07, 6.45) is 7.13. The van der Waals surface area contributed by atoms with E-state index < -0.39 is 5.97 Å². The van der Waals surface area contributed by atoms with E-state index in [2.05, 4.69) is 43.4 Å². The molecule has 2 N–H and O–H groups in total. The quantitative estimate of drug-likeness (QED) is 0.817. The molecule has 0 saturated heterocycles. The molecule has 2 aliphatic carbocycles. The summed E-state index contributed by atoms with van der Waals surface area (Å²) in [5.41, 5.74) is 3.28. The Hall–Kier alpha value is -1.35. The molecule has 0 bridgehead atoms. The Balaban J connectivity index is 1.72. The van der Waals surface area contributed by atoms with Crippen molar-refractivity contribution in [3.63, 3.8) is 0 Å². The lowest BCUT2D eigenvalue weighted by Crippen LogP contribution is -2.38. The predicted octanol–water partition coefficient (Wildman–Crippen LogP) is 4.32. The molecule has 126 valence electrons. The van der Waals surface area contributed by atoms with Crippen LogP contribution in [0.5, 0.6) is 0 Å². The molecule has 0 radical (unpaired) electrons. The van der Waals surface area contributed by atoms with Crippen LogP contribution in [-0.4, -0.2) is 17.1 Å². The summed E-state index contributed by atoms with van der Waals surface area (Å²) in [5, 5.41) is 13.0. The van der Waals surface area contributed by atoms with E-state index in [1.807, 2.05) is 0 Å². The van der Waals surface area contributed by atoms with Crippen LogP contribution < -0.4 is 5.32 Å². The van der Waals surface area contributed by atoms with E-state index in [1.54, 1.807) is 0 Å². The van der Waals surface area contributed by atoms with Gasteiger partial charge in [-0.25, -0.2) is 0 Å². The van der Waals surface area contributed by atoms with Gasteiger partial charge in [0.15, 0.2) is 0 Å². The number of nitrogens with one attached hydrogen (secondary N) is 1. The van der Waals surface area contributed by atoms with Crippen LogP contribution in [0.4, 0.5) is 0 Å². The molecule has 3 nitrogen and oxygen atoms in total. The van der Waals surface area contributed by atoms with Crippen LogP contribution >= 0.6 is 0 Å². The molecule has 0 heterocycles. The third-order valence-corrected chi connectivity index (χ3v) is 5.77. The van der Waals surface area contributed by atoms with E-state index in [9.17, 15) is 4.79 Å². The zero-order valence-corrected chi connectivity index (χ0v) is 14.3. The smallest absolute Gasteiger partial charge is 0.306 e. The summed E-state index contributed by atoms with van der Waals surface area (Å²) in [4.78, 5) is 11.1. The maximum Gasteiger partial charge on any atom is 0.306 e. The summed E-state index contributed by atoms with van der Waals surface area (Å²) < 4.78 is 0. The first-order chi connectivity index (χ1) is 10.9. The summed E-state index contributed by atoms with van der Waals surface area (Å²) in [6.45, 7) is 4.74. The summed E-state index contributed by atoms with van der Waals surface area (Å²) >= 11 is 0. The molecule has 3 heteroatoms. The highest BCUT2D eigenvalue weighted by Crippen LogP contribution is 2.40. The van der Waals surface area contributed by atoms with Gasteiger partial charge in [-0.3, -0.25) is 4.79 Å². The monoisotopic (exact) mass is 315 g/mol. The Morgan fingerprint density at radius 1 is 1.17 bits per heavy atom. The number of carboxylic acids is 1. The minimum absolute atomic E-state index is 0.133. The Morgan fingerprint density at radius 2 is 1.87 bits per heavy atom. The van der Waals surface area contributed by atoms with E-state index in [4.69, 9.17) is 5.11 Å². The number of rotatable bonds is 3. The van der Waals surface area contributed by atoms with Crippen molar-refractivity contribution in [2.24, 2.45) is 11.3 Å². The van der Waals surface area contributed by atoms with E-state index in [0.717, 1.165) is 38.5 Å². The van der Waals surface area contributed by atoms with Gasteiger partial charge in [-0.05, 0) is 61.5 Å². The first-order valence-corrected chi connectivity index (χ1v) is 9.01. The van der Waals surface area contributed by atoms with Crippen LogP contribution in [0.2, 0.25) is 0 Å². The molecule has 0 aliphatic heterocycles. The van der Waals surface area contributed by atoms with E-state index in [0.29, 0.717) is 17.5 Å². The predicted molar refractivity (Wildman–Crippen MR) is 92.4 cm³/mol. The first kappa shape index (κ1) is 16.5. The van der Waals surface area contributed by atoms with Crippen LogP contribution in [-0.2, 0) is 11.2 Å². The Labute approximate surface area is 139 Å². The second kappa shape index (κ2) is 6.64. The van der Waals surface area contributed by atoms with Gasteiger partial charge in [-0.15, -0.1) is 0 Å². The topological polar surface area (TPSA) is 49.3 Å². The average Bonchev–Trinajstić information content (AvgIpc) is 2.65. The van der Waals surface area contributed by atoms with Crippen molar-refractivity contribution in [3.05, 3.63) is 35.4 Å². The molecule has 3 rings (SSSR count). The number of aryl methyl sites for hydroxylation is 1. The number of aliphatic carboxylic acids is 1. The van der Waals surface area contributed by atoms with Crippen molar-refractivity contribution in [2.45, 2.75) is 70.9 Å². The minimum atomic E-state index is -0.621. The molecule has 0 aromatic heterocycles. The van der Waals surface area contributed by atoms with Gasteiger partial charge in [0.05, 0.1) is 5.92 Å². The van der Waals surface area contributed by atoms with E-state index in [1.165, 1.54) is 17.5 Å². The van der Waals surface area contributed by atoms with Crippen LogP contribution in [0, 0.1) is 11.3 Å². The Kier molecular flexibility index (Phi) is 4.77. The highest BCUT2D eigenvalue weighted by Gasteiger charge is 2.32. The summed E-state index contributed by atoms with van der Waals surface area (Å²) in [7, 11) is 0. The lowest BCUT2D eigenvalue weighted by Gasteiger charge is -2.34. The van der Waals surface area contributed by atoms with Crippen molar-refractivity contribution in [1.82, 2.24) is 5.32 Å². The third-order valence-electron chi connectivity index (χ3n) is 5.77. The molecule has 1 fully saturated rings. The highest BCUT2D eigenvalue weighted by atomic mass is 16.4. The minimum Gasteiger partial charge on any atom is -0.481 e. The Bertz CT molecular complexity index is 559. The number of benzene rings is 1. The normalized spacial score (nSPS) is 30.3. The highest BCUT2D eigenvalue weighted by molar-refractivity contribution is 5.70. The van der Waals surface area contributed by atoms with Crippen molar-refractivity contribution >= 4 is 5.97 Å². The average molecular weight is 315 g/mol. The largest absolute Gasteiger partial charge is 0.481 e. The van der Waals surface area contributed by atoms with Crippen LogP contribution in [0.1, 0.15) is 69.5 Å². The van der Waals surface area contributed by atoms with Gasteiger partial charge in [0, 0.05) is 12.1 Å². The summed E-state index contributed by atoms with van der Waals surface area (Å²) in [6, 6.07) is 9.69. The third kappa shape index (κ3) is 3.95. The maximum atomic E-state index is 11.1. The zero-order chi connectivity index (χ0) is 16.4. The number of fused-ring (bicyclic) bond motifs is 1. The molecule has 0 amide bonds. The van der Waals surface area contributed by atoms with Crippen LogP contribution in [0.15, 0.2) is 24.3 Å². The SMILES string of the molecule is CC1(C)CCc2ccccc2C(NC2CCC(C(=O)O)CC2)C1. The molecule has 2 aliphatic rings. The van der Waals surface area contributed by atoms with Crippen molar-refractivity contribution < 1.29 is 9.90 Å². The number of hydrogen-bond acceptors (Lipinski definition) is 2. The van der Waals surface area contributed by atoms with Gasteiger partial charge in [-0.2, -0.15) is 0 Å². The lowest BCUT2D eigenvalue weighted by molar-refractivity contribution is -0.142. The number of carbonyl (C=O) groups is 1. The van der Waals surface area contributed by atoms with Gasteiger partial charge < -0.3 is 10.4 Å². The Morgan fingerprint density at radius 3 is 2.57 bits per heavy atom. The molecule has 1 unspecified atom stereocenters. The standard InChI is InChI=1S/C20H29NO2/c1-20(2)12-11-14-5-3-4-6-17(14)18(13-20)21-16-9-7-15(8-10-16)19(22)23/h3-6,15-16,18,21H,7-13H2,1-2H3,(H,22,23). The van der Waals surface area contributed by atoms with Crippen molar-refractivity contribution in [2.75, 3.05) is 0 Å². The molecule has 1 saturated carbocycles. The van der Waals surface area contributed by atoms with Crippen molar-refractivity contribution in [1.29, 1.82) is 0 Å². The van der Waals surface area contributed by atoms with Gasteiger partial charge in [0.25, 0.3) is 0 Å². The van der Waals surface area contributed by atoms with Crippen LogP contribution in [0.3, 0.4) is 0 Å². The first-order valence-electron chi connectivity index (χ1n) is 9.01. The van der Waals surface area contributed by atoms with Crippen molar-refractivity contribution in [3.8, 4) is 0 Å². The van der Waals surface area contributed by atoms with Gasteiger partial charge >= 0.3 is 5.97 Å². The number of carboxylic acid groups (broad SMARTS) is 1. The molecular weight excluding hydrogens is 286 g/mol. The fourth-order valence-electron chi connectivity index (χ4n) is 4.28. The second-order valence-electron chi connectivity index (χ2n) is 8.17. The zero-order valence-electron chi connectivity index (χ0n) is 14.3.